The number of hydrogen-bond donors (Lipinski definition) is 0. The third kappa shape index (κ3) is 2.12. The van der Waals surface area contributed by atoms with Gasteiger partial charge in [-0.2, -0.15) is 0 Å². The molecule has 0 saturated carbocycles. The first-order valence-corrected chi connectivity index (χ1v) is 4.17. The summed E-state index contributed by atoms with van der Waals surface area (Å²) < 4.78 is 25.5. The van der Waals surface area contributed by atoms with E-state index in [0.29, 0.717) is 6.54 Å². The van der Waals surface area contributed by atoms with Gasteiger partial charge in [0.2, 0.25) is 0 Å². The highest BCUT2D eigenvalue weighted by atomic mass is 19.3. The monoisotopic (exact) mass is 163 g/mol. The lowest BCUT2D eigenvalue weighted by molar-refractivity contribution is -0.0732. The molecule has 0 aromatic heterocycles. The van der Waals surface area contributed by atoms with Crippen molar-refractivity contribution in [2.45, 2.75) is 38.7 Å². The van der Waals surface area contributed by atoms with E-state index in [2.05, 4.69) is 4.90 Å². The average molecular weight is 163 g/mol. The predicted molar refractivity (Wildman–Crippen MR) is 40.9 cm³/mol. The zero-order chi connectivity index (χ0) is 8.48. The van der Waals surface area contributed by atoms with Crippen molar-refractivity contribution in [3.63, 3.8) is 0 Å². The van der Waals surface area contributed by atoms with Crippen LogP contribution in [-0.2, 0) is 0 Å². The molecule has 0 amide bonds. The molecule has 1 nitrogen and oxygen atoms in total. The molecule has 1 rings (SSSR count). The summed E-state index contributed by atoms with van der Waals surface area (Å²) in [4.78, 5) is 2.09. The highest BCUT2D eigenvalue weighted by molar-refractivity contribution is 4.82. The Bertz CT molecular complexity index is 136. The summed E-state index contributed by atoms with van der Waals surface area (Å²) in [5.74, 6) is -2.41. The Morgan fingerprint density at radius 1 is 1.55 bits per heavy atom. The Morgan fingerprint density at radius 3 is 2.64 bits per heavy atom. The van der Waals surface area contributed by atoms with Gasteiger partial charge in [-0.3, -0.25) is 0 Å². The smallest absolute Gasteiger partial charge is 0.250 e. The summed E-state index contributed by atoms with van der Waals surface area (Å²) in [7, 11) is 0. The van der Waals surface area contributed by atoms with Crippen LogP contribution in [0.1, 0.15) is 26.7 Å². The summed E-state index contributed by atoms with van der Waals surface area (Å²) in [5, 5.41) is 0. The van der Waals surface area contributed by atoms with Gasteiger partial charge in [0.05, 0.1) is 0 Å². The Morgan fingerprint density at radius 2 is 2.18 bits per heavy atom. The van der Waals surface area contributed by atoms with Crippen molar-refractivity contribution >= 4 is 0 Å². The summed E-state index contributed by atoms with van der Waals surface area (Å²) in [6.45, 7) is 5.32. The van der Waals surface area contributed by atoms with Crippen LogP contribution in [0.25, 0.3) is 0 Å². The van der Waals surface area contributed by atoms with Crippen LogP contribution in [-0.4, -0.2) is 30.0 Å². The molecular formula is C8H15F2N. The molecule has 0 unspecified atom stereocenters. The van der Waals surface area contributed by atoms with E-state index < -0.39 is 5.92 Å². The molecule has 0 aromatic carbocycles. The van der Waals surface area contributed by atoms with Gasteiger partial charge in [0, 0.05) is 25.4 Å². The first-order chi connectivity index (χ1) is 5.05. The van der Waals surface area contributed by atoms with Gasteiger partial charge in [0.15, 0.2) is 0 Å². The van der Waals surface area contributed by atoms with Gasteiger partial charge in [-0.1, -0.05) is 6.92 Å². The van der Waals surface area contributed by atoms with Crippen LogP contribution < -0.4 is 0 Å². The predicted octanol–water partition coefficient (Wildman–Crippen LogP) is 2.13. The molecule has 11 heavy (non-hydrogen) atoms. The SMILES string of the molecule is CCN1CCC(F)(F)C[C@H]1C. The van der Waals surface area contributed by atoms with Gasteiger partial charge < -0.3 is 4.90 Å². The quantitative estimate of drug-likeness (QED) is 0.572. The number of halogens is 2. The van der Waals surface area contributed by atoms with E-state index in [1.54, 1.807) is 0 Å². The van der Waals surface area contributed by atoms with Crippen LogP contribution in [0.3, 0.4) is 0 Å². The van der Waals surface area contributed by atoms with Crippen LogP contribution in [0, 0.1) is 0 Å². The van der Waals surface area contributed by atoms with Crippen LogP contribution in [0.5, 0.6) is 0 Å². The van der Waals surface area contributed by atoms with E-state index in [0.717, 1.165) is 6.54 Å². The van der Waals surface area contributed by atoms with E-state index in [4.69, 9.17) is 0 Å². The Labute approximate surface area is 66.4 Å². The highest BCUT2D eigenvalue weighted by Gasteiger charge is 2.37. The average Bonchev–Trinajstić information content (AvgIpc) is 1.86. The Balaban J connectivity index is 2.48. The number of piperidine rings is 1. The van der Waals surface area contributed by atoms with Crippen LogP contribution in [0.15, 0.2) is 0 Å². The zero-order valence-electron chi connectivity index (χ0n) is 7.11. The van der Waals surface area contributed by atoms with Crippen LogP contribution in [0.2, 0.25) is 0 Å². The molecule has 3 heteroatoms. The van der Waals surface area contributed by atoms with E-state index in [1.165, 1.54) is 0 Å². The second-order valence-electron chi connectivity index (χ2n) is 3.29. The lowest BCUT2D eigenvalue weighted by Gasteiger charge is -2.36. The number of alkyl halides is 2. The van der Waals surface area contributed by atoms with Gasteiger partial charge in [-0.05, 0) is 13.5 Å². The molecule has 66 valence electrons. The van der Waals surface area contributed by atoms with Crippen LogP contribution in [0.4, 0.5) is 8.78 Å². The molecule has 1 atom stereocenters. The molecular weight excluding hydrogens is 148 g/mol. The zero-order valence-corrected chi connectivity index (χ0v) is 7.11. The van der Waals surface area contributed by atoms with Crippen molar-refractivity contribution in [3.05, 3.63) is 0 Å². The lowest BCUT2D eigenvalue weighted by Crippen LogP contribution is -2.45. The van der Waals surface area contributed by atoms with Crippen LogP contribution >= 0.6 is 0 Å². The molecule has 1 saturated heterocycles. The summed E-state index contributed by atoms with van der Waals surface area (Å²) in [6, 6.07) is 0.0451. The second kappa shape index (κ2) is 3.05. The van der Waals surface area contributed by atoms with E-state index in [1.807, 2.05) is 13.8 Å². The summed E-state index contributed by atoms with van der Waals surface area (Å²) in [5.41, 5.74) is 0. The maximum absolute atomic E-state index is 12.7. The van der Waals surface area contributed by atoms with Crippen molar-refractivity contribution in [2.24, 2.45) is 0 Å². The summed E-state index contributed by atoms with van der Waals surface area (Å²) in [6.07, 6.45) is 0.0615. The fourth-order valence-electron chi connectivity index (χ4n) is 1.66. The van der Waals surface area contributed by atoms with Crippen molar-refractivity contribution in [2.75, 3.05) is 13.1 Å². The van der Waals surface area contributed by atoms with Crippen molar-refractivity contribution in [1.29, 1.82) is 0 Å². The topological polar surface area (TPSA) is 3.24 Å². The van der Waals surface area contributed by atoms with Crippen molar-refractivity contribution in [1.82, 2.24) is 4.90 Å². The minimum absolute atomic E-state index is 0.0286. The first kappa shape index (κ1) is 8.91. The van der Waals surface area contributed by atoms with Gasteiger partial charge >= 0.3 is 0 Å². The molecule has 0 N–H and O–H groups in total. The number of likely N-dealkylation sites (tertiary alicyclic amines) is 1. The lowest BCUT2D eigenvalue weighted by atomic mass is 10.0. The van der Waals surface area contributed by atoms with Gasteiger partial charge in [-0.25, -0.2) is 8.78 Å². The molecule has 1 fully saturated rings. The maximum atomic E-state index is 12.7. The second-order valence-corrected chi connectivity index (χ2v) is 3.29. The fourth-order valence-corrected chi connectivity index (χ4v) is 1.66. The normalized spacial score (nSPS) is 32.2. The van der Waals surface area contributed by atoms with Gasteiger partial charge in [0.25, 0.3) is 5.92 Å². The molecule has 0 spiro atoms. The molecule has 0 aliphatic carbocycles. The Hall–Kier alpha value is -0.180. The molecule has 1 aliphatic heterocycles. The van der Waals surface area contributed by atoms with Crippen molar-refractivity contribution in [3.8, 4) is 0 Å². The van der Waals surface area contributed by atoms with Gasteiger partial charge in [0.1, 0.15) is 0 Å². The molecule has 1 heterocycles. The fraction of sp³-hybridized carbons (Fsp3) is 1.00. The minimum Gasteiger partial charge on any atom is -0.300 e. The summed E-state index contributed by atoms with van der Waals surface area (Å²) >= 11 is 0. The molecule has 0 aromatic rings. The number of rotatable bonds is 1. The van der Waals surface area contributed by atoms with Crippen molar-refractivity contribution < 1.29 is 8.78 Å². The molecule has 1 aliphatic rings. The number of hydrogen-bond acceptors (Lipinski definition) is 1. The highest BCUT2D eigenvalue weighted by Crippen LogP contribution is 2.31. The van der Waals surface area contributed by atoms with Gasteiger partial charge in [-0.15, -0.1) is 0 Å². The third-order valence-corrected chi connectivity index (χ3v) is 2.39. The molecule has 0 bridgehead atoms. The third-order valence-electron chi connectivity index (χ3n) is 2.39. The minimum atomic E-state index is -2.41. The van der Waals surface area contributed by atoms with E-state index in [9.17, 15) is 8.78 Å². The van der Waals surface area contributed by atoms with E-state index in [-0.39, 0.29) is 18.9 Å². The Kier molecular flexibility index (Phi) is 2.47. The maximum Gasteiger partial charge on any atom is 0.250 e. The standard InChI is InChI=1S/C8H15F2N/c1-3-11-5-4-8(9,10)6-7(11)2/h7H,3-6H2,1-2H3/t7-/m1/s1. The molecule has 0 radical (unpaired) electrons. The largest absolute Gasteiger partial charge is 0.300 e. The van der Waals surface area contributed by atoms with E-state index >= 15 is 0 Å². The first-order valence-electron chi connectivity index (χ1n) is 4.17. The number of nitrogens with zero attached hydrogens (tertiary/aromatic N) is 1.